The summed E-state index contributed by atoms with van der Waals surface area (Å²) >= 11 is 0. The summed E-state index contributed by atoms with van der Waals surface area (Å²) in [7, 11) is 0. The number of amides is 1. The van der Waals surface area contributed by atoms with Crippen molar-refractivity contribution in [1.82, 2.24) is 10.6 Å². The van der Waals surface area contributed by atoms with Crippen LogP contribution < -0.4 is 16.4 Å². The Morgan fingerprint density at radius 1 is 1.50 bits per heavy atom. The molecule has 18 heavy (non-hydrogen) atoms. The molecule has 5 heteroatoms. The Labute approximate surface area is 107 Å². The highest BCUT2D eigenvalue weighted by atomic mass is 16.2. The molecule has 0 radical (unpaired) electrons. The maximum atomic E-state index is 11.9. The van der Waals surface area contributed by atoms with Crippen LogP contribution in [0.4, 0.5) is 0 Å². The SMILES string of the molecule is C=C/C(=C\C=C\C(=N)N)NC(=O)[C@@H]1CCCCN1. The minimum atomic E-state index is -0.126. The summed E-state index contributed by atoms with van der Waals surface area (Å²) in [5, 5.41) is 13.0. The van der Waals surface area contributed by atoms with Crippen LogP contribution in [0.25, 0.3) is 0 Å². The van der Waals surface area contributed by atoms with Crippen molar-refractivity contribution >= 4 is 11.7 Å². The van der Waals surface area contributed by atoms with Gasteiger partial charge in [0.25, 0.3) is 0 Å². The lowest BCUT2D eigenvalue weighted by Crippen LogP contribution is -2.46. The van der Waals surface area contributed by atoms with Gasteiger partial charge in [0, 0.05) is 5.70 Å². The predicted octanol–water partition coefficient (Wildman–Crippen LogP) is 0.807. The van der Waals surface area contributed by atoms with E-state index in [0.29, 0.717) is 5.70 Å². The van der Waals surface area contributed by atoms with Crippen LogP contribution in [0.15, 0.2) is 36.6 Å². The van der Waals surface area contributed by atoms with Gasteiger partial charge in [-0.2, -0.15) is 0 Å². The van der Waals surface area contributed by atoms with Crippen molar-refractivity contribution in [3.05, 3.63) is 36.6 Å². The van der Waals surface area contributed by atoms with Crippen molar-refractivity contribution in [2.45, 2.75) is 25.3 Å². The van der Waals surface area contributed by atoms with E-state index in [4.69, 9.17) is 11.1 Å². The van der Waals surface area contributed by atoms with E-state index < -0.39 is 0 Å². The summed E-state index contributed by atoms with van der Waals surface area (Å²) in [6.07, 6.45) is 9.32. The molecule has 0 aromatic heterocycles. The Hall–Kier alpha value is -1.88. The molecule has 0 aromatic rings. The molecule has 5 nitrogen and oxygen atoms in total. The second kappa shape index (κ2) is 7.45. The zero-order chi connectivity index (χ0) is 13.4. The second-order valence-corrected chi connectivity index (χ2v) is 4.13. The van der Waals surface area contributed by atoms with Gasteiger partial charge in [0.2, 0.25) is 5.91 Å². The minimum Gasteiger partial charge on any atom is -0.384 e. The third-order valence-electron chi connectivity index (χ3n) is 2.67. The second-order valence-electron chi connectivity index (χ2n) is 4.13. The molecule has 0 aliphatic carbocycles. The van der Waals surface area contributed by atoms with E-state index in [-0.39, 0.29) is 17.8 Å². The zero-order valence-corrected chi connectivity index (χ0v) is 10.4. The van der Waals surface area contributed by atoms with E-state index in [2.05, 4.69) is 17.2 Å². The Kier molecular flexibility index (Phi) is 5.87. The van der Waals surface area contributed by atoms with Gasteiger partial charge in [-0.3, -0.25) is 10.2 Å². The van der Waals surface area contributed by atoms with Gasteiger partial charge in [-0.15, -0.1) is 0 Å². The molecule has 98 valence electrons. The van der Waals surface area contributed by atoms with Gasteiger partial charge in [0.15, 0.2) is 0 Å². The highest BCUT2D eigenvalue weighted by Crippen LogP contribution is 2.07. The average molecular weight is 248 g/mol. The molecule has 5 N–H and O–H groups in total. The summed E-state index contributed by atoms with van der Waals surface area (Å²) in [5.41, 5.74) is 5.78. The molecular formula is C13H20N4O. The first-order valence-electron chi connectivity index (χ1n) is 6.02. The fourth-order valence-electron chi connectivity index (χ4n) is 1.72. The number of nitrogens with two attached hydrogens (primary N) is 1. The highest BCUT2D eigenvalue weighted by molar-refractivity contribution is 5.88. The fourth-order valence-corrected chi connectivity index (χ4v) is 1.72. The number of piperidine rings is 1. The van der Waals surface area contributed by atoms with Gasteiger partial charge < -0.3 is 16.4 Å². The molecular weight excluding hydrogens is 228 g/mol. The Bertz CT molecular complexity index is 378. The molecule has 1 fully saturated rings. The predicted molar refractivity (Wildman–Crippen MR) is 73.1 cm³/mol. The molecule has 1 aliphatic rings. The van der Waals surface area contributed by atoms with E-state index >= 15 is 0 Å². The minimum absolute atomic E-state index is 0.0325. The van der Waals surface area contributed by atoms with Crippen molar-refractivity contribution < 1.29 is 4.79 Å². The Balaban J connectivity index is 2.53. The van der Waals surface area contributed by atoms with Crippen LogP contribution in [0.3, 0.4) is 0 Å². The van der Waals surface area contributed by atoms with Crippen LogP contribution in [0.2, 0.25) is 0 Å². The van der Waals surface area contributed by atoms with Crippen molar-refractivity contribution in [2.24, 2.45) is 5.73 Å². The van der Waals surface area contributed by atoms with Crippen LogP contribution in [-0.2, 0) is 4.79 Å². The van der Waals surface area contributed by atoms with Gasteiger partial charge in [-0.1, -0.05) is 19.1 Å². The summed E-state index contributed by atoms with van der Waals surface area (Å²) in [5.74, 6) is -0.0768. The lowest BCUT2D eigenvalue weighted by Gasteiger charge is -2.22. The van der Waals surface area contributed by atoms with Crippen molar-refractivity contribution in [3.63, 3.8) is 0 Å². The van der Waals surface area contributed by atoms with Gasteiger partial charge >= 0.3 is 0 Å². The monoisotopic (exact) mass is 248 g/mol. The number of carbonyl (C=O) groups is 1. The molecule has 1 heterocycles. The number of hydrogen-bond acceptors (Lipinski definition) is 3. The summed E-state index contributed by atoms with van der Waals surface area (Å²) in [4.78, 5) is 11.9. The molecule has 1 saturated heterocycles. The smallest absolute Gasteiger partial charge is 0.241 e. The lowest BCUT2D eigenvalue weighted by molar-refractivity contribution is -0.122. The largest absolute Gasteiger partial charge is 0.384 e. The molecule has 0 bridgehead atoms. The van der Waals surface area contributed by atoms with E-state index in [1.165, 1.54) is 6.08 Å². The quantitative estimate of drug-likeness (QED) is 0.329. The maximum Gasteiger partial charge on any atom is 0.241 e. The van der Waals surface area contributed by atoms with E-state index in [0.717, 1.165) is 25.8 Å². The number of rotatable bonds is 5. The van der Waals surface area contributed by atoms with Crippen LogP contribution in [0.5, 0.6) is 0 Å². The molecule has 0 aromatic carbocycles. The third-order valence-corrected chi connectivity index (χ3v) is 2.67. The summed E-state index contributed by atoms with van der Waals surface area (Å²) in [6.45, 7) is 4.52. The number of nitrogens with one attached hydrogen (secondary N) is 3. The summed E-state index contributed by atoms with van der Waals surface area (Å²) < 4.78 is 0. The van der Waals surface area contributed by atoms with Crippen LogP contribution in [-0.4, -0.2) is 24.3 Å². The molecule has 0 saturated carbocycles. The van der Waals surface area contributed by atoms with E-state index in [1.807, 2.05) is 0 Å². The number of carbonyl (C=O) groups excluding carboxylic acids is 1. The first-order valence-corrected chi connectivity index (χ1v) is 6.02. The molecule has 1 atom stereocenters. The van der Waals surface area contributed by atoms with Crippen LogP contribution >= 0.6 is 0 Å². The zero-order valence-electron chi connectivity index (χ0n) is 10.4. The van der Waals surface area contributed by atoms with Crippen molar-refractivity contribution in [1.29, 1.82) is 5.41 Å². The van der Waals surface area contributed by atoms with E-state index in [1.54, 1.807) is 18.2 Å². The van der Waals surface area contributed by atoms with E-state index in [9.17, 15) is 4.79 Å². The third kappa shape index (κ3) is 4.97. The molecule has 1 amide bonds. The Morgan fingerprint density at radius 3 is 2.83 bits per heavy atom. The molecule has 0 spiro atoms. The summed E-state index contributed by atoms with van der Waals surface area (Å²) in [6, 6.07) is -0.126. The number of allylic oxidation sites excluding steroid dienone is 3. The Morgan fingerprint density at radius 2 is 2.28 bits per heavy atom. The van der Waals surface area contributed by atoms with Crippen LogP contribution in [0, 0.1) is 5.41 Å². The standard InChI is InChI=1S/C13H20N4O/c1-2-10(6-5-8-12(14)15)17-13(18)11-7-3-4-9-16-11/h2,5-6,8,11,16H,1,3-4,7,9H2,(H3,14,15)(H,17,18)/b8-5+,10-6+/t11-/m0/s1. The van der Waals surface area contributed by atoms with Gasteiger partial charge in [0.1, 0.15) is 5.84 Å². The lowest BCUT2D eigenvalue weighted by atomic mass is 10.0. The molecule has 1 aliphatic heterocycles. The maximum absolute atomic E-state index is 11.9. The first-order chi connectivity index (χ1) is 8.63. The first kappa shape index (κ1) is 14.2. The van der Waals surface area contributed by atoms with Gasteiger partial charge in [0.05, 0.1) is 6.04 Å². The topological polar surface area (TPSA) is 91.0 Å². The van der Waals surface area contributed by atoms with Crippen LogP contribution in [0.1, 0.15) is 19.3 Å². The highest BCUT2D eigenvalue weighted by Gasteiger charge is 2.20. The fraction of sp³-hybridized carbons (Fsp3) is 0.385. The average Bonchev–Trinajstić information content (AvgIpc) is 2.38. The molecule has 1 rings (SSSR count). The molecule has 0 unspecified atom stereocenters. The van der Waals surface area contributed by atoms with Gasteiger partial charge in [-0.05, 0) is 37.6 Å². The van der Waals surface area contributed by atoms with Crippen molar-refractivity contribution in [3.8, 4) is 0 Å². The normalized spacial score (nSPS) is 20.7. The number of hydrogen-bond donors (Lipinski definition) is 4. The number of amidine groups is 1. The van der Waals surface area contributed by atoms with Gasteiger partial charge in [-0.25, -0.2) is 0 Å². The van der Waals surface area contributed by atoms with Crippen molar-refractivity contribution in [2.75, 3.05) is 6.54 Å².